The van der Waals surface area contributed by atoms with Gasteiger partial charge in [0.1, 0.15) is 0 Å². The molecule has 0 aliphatic carbocycles. The van der Waals surface area contributed by atoms with Gasteiger partial charge >= 0.3 is 0 Å². The highest BCUT2D eigenvalue weighted by Gasteiger charge is 2.20. The summed E-state index contributed by atoms with van der Waals surface area (Å²) >= 11 is 0. The molecular weight excluding hydrogens is 673 g/mol. The molecule has 0 radical (unpaired) electrons. The summed E-state index contributed by atoms with van der Waals surface area (Å²) in [5.74, 6) is 0. The lowest BCUT2D eigenvalue weighted by Gasteiger charge is -2.21. The van der Waals surface area contributed by atoms with Crippen LogP contribution in [0.15, 0.2) is 206 Å². The van der Waals surface area contributed by atoms with Crippen molar-refractivity contribution in [2.75, 3.05) is 0 Å². The van der Waals surface area contributed by atoms with E-state index in [-0.39, 0.29) is 0 Å². The van der Waals surface area contributed by atoms with Crippen molar-refractivity contribution in [3.63, 3.8) is 0 Å². The third-order valence-corrected chi connectivity index (χ3v) is 11.0. The van der Waals surface area contributed by atoms with Crippen molar-refractivity contribution in [2.45, 2.75) is 0 Å². The summed E-state index contributed by atoms with van der Waals surface area (Å²) in [6, 6.07) is 75.1. The molecule has 56 heavy (non-hydrogen) atoms. The first kappa shape index (κ1) is 33.3. The fourth-order valence-corrected chi connectivity index (χ4v) is 8.26. The first-order valence-corrected chi connectivity index (χ1v) is 19.3. The number of hydrogen-bond donors (Lipinski definition) is 0. The molecule has 0 unspecified atom stereocenters. The second kappa shape index (κ2) is 14.5. The van der Waals surface area contributed by atoms with E-state index in [1.807, 2.05) is 0 Å². The van der Waals surface area contributed by atoms with E-state index in [1.54, 1.807) is 0 Å². The Morgan fingerprint density at radius 1 is 0.250 bits per heavy atom. The van der Waals surface area contributed by atoms with Crippen LogP contribution in [0.5, 0.6) is 0 Å². The fourth-order valence-electron chi connectivity index (χ4n) is 8.26. The summed E-state index contributed by atoms with van der Waals surface area (Å²) in [5.41, 5.74) is 12.2. The zero-order valence-electron chi connectivity index (χ0n) is 30.9. The highest BCUT2D eigenvalue weighted by molar-refractivity contribution is 6.25. The van der Waals surface area contributed by atoms with Gasteiger partial charge < -0.3 is 0 Å². The molecule has 10 aromatic carbocycles. The highest BCUT2D eigenvalue weighted by atomic mass is 14.2. The summed E-state index contributed by atoms with van der Waals surface area (Å²) in [4.78, 5) is 0. The number of benzene rings is 10. The van der Waals surface area contributed by atoms with Crippen LogP contribution in [0, 0.1) is 0 Å². The average Bonchev–Trinajstić information content (AvgIpc) is 3.27. The molecule has 0 nitrogen and oxygen atoms in total. The number of fused-ring (bicyclic) bond motifs is 4. The molecule has 0 N–H and O–H groups in total. The van der Waals surface area contributed by atoms with Gasteiger partial charge in [-0.2, -0.15) is 0 Å². The van der Waals surface area contributed by atoms with Crippen LogP contribution in [0.4, 0.5) is 0 Å². The van der Waals surface area contributed by atoms with E-state index in [9.17, 15) is 0 Å². The molecule has 0 spiro atoms. The van der Waals surface area contributed by atoms with Crippen LogP contribution in [0.25, 0.3) is 101 Å². The number of rotatable bonds is 7. The van der Waals surface area contributed by atoms with Crippen LogP contribution in [0.1, 0.15) is 22.3 Å². The van der Waals surface area contributed by atoms with Gasteiger partial charge in [0.25, 0.3) is 0 Å². The molecule has 0 saturated heterocycles. The Labute approximate surface area is 328 Å². The van der Waals surface area contributed by atoms with Gasteiger partial charge in [0.2, 0.25) is 0 Å². The largest absolute Gasteiger partial charge is 0.0622 e. The molecule has 10 rings (SSSR count). The molecule has 0 aliphatic heterocycles. The fraction of sp³-hybridized carbons (Fsp3) is 0. The SMILES string of the molecule is C(=Cc1ccc2cc(-c3c4ccccc4c(-c4ccc5cc(C=Cc6ccccc6)ccc5c4)c4c(-c5ccccc5)cccc34)ccc2c1)c1ccccc1. The Hall–Kier alpha value is -7.28. The normalized spacial score (nSPS) is 11.8. The third kappa shape index (κ3) is 6.38. The van der Waals surface area contributed by atoms with Crippen LogP contribution in [0.3, 0.4) is 0 Å². The Morgan fingerprint density at radius 2 is 0.679 bits per heavy atom. The maximum Gasteiger partial charge on any atom is -0.00141 e. The van der Waals surface area contributed by atoms with E-state index >= 15 is 0 Å². The van der Waals surface area contributed by atoms with E-state index in [2.05, 4.69) is 231 Å². The summed E-state index contributed by atoms with van der Waals surface area (Å²) in [6.07, 6.45) is 8.75. The topological polar surface area (TPSA) is 0 Å². The molecule has 0 saturated carbocycles. The van der Waals surface area contributed by atoms with Crippen LogP contribution in [-0.4, -0.2) is 0 Å². The minimum absolute atomic E-state index is 1.19. The smallest absolute Gasteiger partial charge is 0.00141 e. The zero-order chi connectivity index (χ0) is 37.3. The summed E-state index contributed by atoms with van der Waals surface area (Å²) in [7, 11) is 0. The standard InChI is InChI=1S/C56H38/c1-4-13-39(14-5-1)23-25-41-27-29-46-37-48(33-31-44(46)35-41)54-51-19-10-11-20-52(51)55(56-50(21-12-22-53(54)56)43-17-8-3-9-18-43)49-34-32-45-36-42(28-30-47(45)38-49)26-24-40-15-6-2-7-16-40/h1-38H. The molecule has 0 bridgehead atoms. The van der Waals surface area contributed by atoms with Gasteiger partial charge in [-0.05, 0) is 123 Å². The molecule has 0 aromatic heterocycles. The maximum atomic E-state index is 2.38. The molecule has 0 aliphatic rings. The lowest BCUT2D eigenvalue weighted by molar-refractivity contribution is 1.64. The van der Waals surface area contributed by atoms with Crippen molar-refractivity contribution in [3.8, 4) is 33.4 Å². The minimum atomic E-state index is 1.19. The Morgan fingerprint density at radius 3 is 1.25 bits per heavy atom. The van der Waals surface area contributed by atoms with E-state index in [4.69, 9.17) is 0 Å². The molecule has 0 heterocycles. The van der Waals surface area contributed by atoms with E-state index < -0.39 is 0 Å². The monoisotopic (exact) mass is 710 g/mol. The second-order valence-electron chi connectivity index (χ2n) is 14.5. The minimum Gasteiger partial charge on any atom is -0.0622 e. The first-order valence-electron chi connectivity index (χ1n) is 19.3. The van der Waals surface area contributed by atoms with Crippen LogP contribution in [0.2, 0.25) is 0 Å². The molecule has 262 valence electrons. The molecule has 0 heteroatoms. The molecule has 0 atom stereocenters. The quantitative estimate of drug-likeness (QED) is 0.114. The van der Waals surface area contributed by atoms with E-state index in [1.165, 1.54) is 98.7 Å². The van der Waals surface area contributed by atoms with Gasteiger partial charge in [-0.1, -0.05) is 206 Å². The predicted molar refractivity (Wildman–Crippen MR) is 244 cm³/mol. The predicted octanol–water partition coefficient (Wildman–Crippen LogP) is 15.6. The maximum absolute atomic E-state index is 2.38. The first-order chi connectivity index (χ1) is 27.7. The van der Waals surface area contributed by atoms with Crippen LogP contribution < -0.4 is 0 Å². The lowest BCUT2D eigenvalue weighted by atomic mass is 9.82. The summed E-state index contributed by atoms with van der Waals surface area (Å²) < 4.78 is 0. The molecule has 0 amide bonds. The van der Waals surface area contributed by atoms with Gasteiger partial charge in [-0.25, -0.2) is 0 Å². The number of hydrogen-bond acceptors (Lipinski definition) is 0. The Bertz CT molecular complexity index is 3100. The molecular formula is C56H38. The third-order valence-electron chi connectivity index (χ3n) is 11.0. The highest BCUT2D eigenvalue weighted by Crippen LogP contribution is 2.47. The van der Waals surface area contributed by atoms with E-state index in [0.29, 0.717) is 0 Å². The molecule has 0 fully saturated rings. The van der Waals surface area contributed by atoms with Crippen molar-refractivity contribution in [1.82, 2.24) is 0 Å². The van der Waals surface area contributed by atoms with Crippen molar-refractivity contribution in [2.24, 2.45) is 0 Å². The molecule has 10 aromatic rings. The Kier molecular flexibility index (Phi) is 8.63. The van der Waals surface area contributed by atoms with Crippen molar-refractivity contribution in [1.29, 1.82) is 0 Å². The summed E-state index contributed by atoms with van der Waals surface area (Å²) in [5, 5.41) is 9.95. The second-order valence-corrected chi connectivity index (χ2v) is 14.5. The Balaban J connectivity index is 1.15. The van der Waals surface area contributed by atoms with Gasteiger partial charge in [0.15, 0.2) is 0 Å². The van der Waals surface area contributed by atoms with Crippen LogP contribution >= 0.6 is 0 Å². The van der Waals surface area contributed by atoms with Crippen molar-refractivity contribution >= 4 is 67.4 Å². The lowest BCUT2D eigenvalue weighted by Crippen LogP contribution is -1.93. The summed E-state index contributed by atoms with van der Waals surface area (Å²) in [6.45, 7) is 0. The van der Waals surface area contributed by atoms with Crippen molar-refractivity contribution < 1.29 is 0 Å². The van der Waals surface area contributed by atoms with E-state index in [0.717, 1.165) is 0 Å². The van der Waals surface area contributed by atoms with Gasteiger partial charge in [0.05, 0.1) is 0 Å². The van der Waals surface area contributed by atoms with Gasteiger partial charge in [-0.15, -0.1) is 0 Å². The average molecular weight is 711 g/mol. The van der Waals surface area contributed by atoms with Gasteiger partial charge in [0, 0.05) is 0 Å². The zero-order valence-corrected chi connectivity index (χ0v) is 30.9. The van der Waals surface area contributed by atoms with Crippen molar-refractivity contribution in [3.05, 3.63) is 229 Å². The van der Waals surface area contributed by atoms with Gasteiger partial charge in [-0.3, -0.25) is 0 Å². The van der Waals surface area contributed by atoms with Crippen LogP contribution in [-0.2, 0) is 0 Å².